The van der Waals surface area contributed by atoms with Gasteiger partial charge in [0.15, 0.2) is 0 Å². The molecule has 2 rings (SSSR count). The molecule has 0 amide bonds. The van der Waals surface area contributed by atoms with Crippen molar-refractivity contribution in [2.75, 3.05) is 36.9 Å². The third-order valence-corrected chi connectivity index (χ3v) is 3.25. The average Bonchev–Trinajstić information content (AvgIpc) is 2.81. The van der Waals surface area contributed by atoms with Crippen LogP contribution >= 0.6 is 0 Å². The molecule has 2 atom stereocenters. The maximum absolute atomic E-state index is 9.22. The predicted molar refractivity (Wildman–Crippen MR) is 64.5 cm³/mol. The number of hydrogen-bond donors (Lipinski definition) is 3. The summed E-state index contributed by atoms with van der Waals surface area (Å²) < 4.78 is 0. The lowest BCUT2D eigenvalue weighted by Gasteiger charge is -2.16. The van der Waals surface area contributed by atoms with E-state index in [0.717, 1.165) is 0 Å². The summed E-state index contributed by atoms with van der Waals surface area (Å²) in [5.74, 6) is 0.599. The Morgan fingerprint density at radius 1 is 1.39 bits per heavy atom. The summed E-state index contributed by atoms with van der Waals surface area (Å²) in [4.78, 5) is 10.0. The van der Waals surface area contributed by atoms with Crippen LogP contribution in [0.2, 0.25) is 0 Å². The van der Waals surface area contributed by atoms with E-state index < -0.39 is 0 Å². The van der Waals surface area contributed by atoms with Gasteiger partial charge in [0, 0.05) is 38.1 Å². The van der Waals surface area contributed by atoms with Crippen LogP contribution in [0.25, 0.3) is 0 Å². The van der Waals surface area contributed by atoms with Crippen LogP contribution in [0.3, 0.4) is 0 Å². The Bertz CT molecular complexity index is 461. The van der Waals surface area contributed by atoms with Crippen molar-refractivity contribution in [1.29, 1.82) is 5.26 Å². The number of aromatic nitrogens is 2. The summed E-state index contributed by atoms with van der Waals surface area (Å²) in [5, 5.41) is 27.2. The van der Waals surface area contributed by atoms with E-state index in [1.54, 1.807) is 0 Å². The molecule has 7 heteroatoms. The number of nitrogens with two attached hydrogens (primary N) is 1. The van der Waals surface area contributed by atoms with Crippen molar-refractivity contribution in [1.82, 2.24) is 9.97 Å². The Hall–Kier alpha value is -1.91. The lowest BCUT2D eigenvalue weighted by Crippen LogP contribution is -2.23. The van der Waals surface area contributed by atoms with Crippen molar-refractivity contribution < 1.29 is 10.2 Å². The van der Waals surface area contributed by atoms with Gasteiger partial charge in [0.25, 0.3) is 0 Å². The number of aliphatic hydroxyl groups excluding tert-OH is 2. The molecule has 1 aliphatic heterocycles. The van der Waals surface area contributed by atoms with Crippen LogP contribution in [0.5, 0.6) is 0 Å². The van der Waals surface area contributed by atoms with Gasteiger partial charge in [0.05, 0.1) is 6.20 Å². The second-order valence-electron chi connectivity index (χ2n) is 4.37. The molecule has 4 N–H and O–H groups in total. The first-order valence-corrected chi connectivity index (χ1v) is 5.68. The smallest absolute Gasteiger partial charge is 0.227 e. The van der Waals surface area contributed by atoms with Crippen LogP contribution < -0.4 is 10.6 Å². The second-order valence-corrected chi connectivity index (χ2v) is 4.37. The third-order valence-electron chi connectivity index (χ3n) is 3.25. The lowest BCUT2D eigenvalue weighted by atomic mass is 9.98. The quantitative estimate of drug-likeness (QED) is 0.626. The zero-order chi connectivity index (χ0) is 13.1. The van der Waals surface area contributed by atoms with Gasteiger partial charge >= 0.3 is 0 Å². The fourth-order valence-corrected chi connectivity index (χ4v) is 2.14. The molecule has 0 unspecified atom stereocenters. The van der Waals surface area contributed by atoms with Crippen molar-refractivity contribution in [2.45, 2.75) is 0 Å². The minimum atomic E-state index is 0.00969. The van der Waals surface area contributed by atoms with E-state index in [2.05, 4.69) is 9.97 Å². The summed E-state index contributed by atoms with van der Waals surface area (Å²) in [7, 11) is 0. The first kappa shape index (κ1) is 12.5. The first-order valence-electron chi connectivity index (χ1n) is 5.68. The summed E-state index contributed by atoms with van der Waals surface area (Å²) >= 11 is 0. The fraction of sp³-hybridized carbons (Fsp3) is 0.545. The van der Waals surface area contributed by atoms with E-state index >= 15 is 0 Å². The van der Waals surface area contributed by atoms with E-state index in [1.807, 2.05) is 11.0 Å². The van der Waals surface area contributed by atoms with Crippen LogP contribution in [-0.2, 0) is 0 Å². The average molecular weight is 249 g/mol. The highest BCUT2D eigenvalue weighted by Crippen LogP contribution is 2.26. The van der Waals surface area contributed by atoms with Crippen molar-refractivity contribution in [3.8, 4) is 6.07 Å². The molecule has 1 aromatic rings. The van der Waals surface area contributed by atoms with E-state index in [9.17, 15) is 10.2 Å². The van der Waals surface area contributed by atoms with Crippen molar-refractivity contribution in [2.24, 2.45) is 11.8 Å². The SMILES string of the molecule is N#Cc1cnc(N2C[C@@H](CO)[C@H](CO)C2)nc1N. The summed E-state index contributed by atoms with van der Waals surface area (Å²) in [6.07, 6.45) is 1.39. The van der Waals surface area contributed by atoms with Crippen LogP contribution in [0.1, 0.15) is 5.56 Å². The largest absolute Gasteiger partial charge is 0.396 e. The molecule has 2 heterocycles. The number of anilines is 2. The molecule has 0 aromatic carbocycles. The molecule has 18 heavy (non-hydrogen) atoms. The predicted octanol–water partition coefficient (Wildman–Crippen LogP) is -1.03. The van der Waals surface area contributed by atoms with Gasteiger partial charge in [-0.05, 0) is 0 Å². The van der Waals surface area contributed by atoms with Crippen LogP contribution in [0, 0.1) is 23.2 Å². The Morgan fingerprint density at radius 2 is 2.00 bits per heavy atom. The van der Waals surface area contributed by atoms with Gasteiger partial charge in [-0.25, -0.2) is 4.98 Å². The highest BCUT2D eigenvalue weighted by Gasteiger charge is 2.33. The molecule has 7 nitrogen and oxygen atoms in total. The van der Waals surface area contributed by atoms with E-state index in [4.69, 9.17) is 11.0 Å². The minimum absolute atomic E-state index is 0.00969. The molecular formula is C11H15N5O2. The van der Waals surface area contributed by atoms with Gasteiger partial charge in [-0.2, -0.15) is 10.2 Å². The van der Waals surface area contributed by atoms with Gasteiger partial charge in [-0.15, -0.1) is 0 Å². The third kappa shape index (κ3) is 2.20. The number of hydrogen-bond acceptors (Lipinski definition) is 7. The maximum atomic E-state index is 9.22. The molecule has 0 spiro atoms. The highest BCUT2D eigenvalue weighted by molar-refractivity contribution is 5.50. The van der Waals surface area contributed by atoms with Gasteiger partial charge in [0.1, 0.15) is 17.5 Å². The molecule has 0 saturated carbocycles. The number of nitrogens with zero attached hydrogens (tertiary/aromatic N) is 4. The molecule has 1 aromatic heterocycles. The van der Waals surface area contributed by atoms with Gasteiger partial charge < -0.3 is 20.8 Å². The highest BCUT2D eigenvalue weighted by atomic mass is 16.3. The number of rotatable bonds is 3. The van der Waals surface area contributed by atoms with Crippen LogP contribution in [0.15, 0.2) is 6.20 Å². The van der Waals surface area contributed by atoms with Gasteiger partial charge in [0.2, 0.25) is 5.95 Å². The summed E-state index contributed by atoms with van der Waals surface area (Å²) in [6, 6.07) is 1.90. The van der Waals surface area contributed by atoms with Crippen molar-refractivity contribution >= 4 is 11.8 Å². The Kier molecular flexibility index (Phi) is 3.60. The molecule has 96 valence electrons. The number of aliphatic hydroxyl groups is 2. The van der Waals surface area contributed by atoms with Crippen LogP contribution in [-0.4, -0.2) is 46.5 Å². The molecule has 1 aliphatic rings. The minimum Gasteiger partial charge on any atom is -0.396 e. The summed E-state index contributed by atoms with van der Waals surface area (Å²) in [6.45, 7) is 1.20. The Balaban J connectivity index is 2.19. The normalized spacial score (nSPS) is 23.1. The Labute approximate surface area is 105 Å². The second kappa shape index (κ2) is 5.16. The zero-order valence-electron chi connectivity index (χ0n) is 9.82. The van der Waals surface area contributed by atoms with E-state index in [-0.39, 0.29) is 36.4 Å². The van der Waals surface area contributed by atoms with Gasteiger partial charge in [-0.1, -0.05) is 0 Å². The molecule has 0 aliphatic carbocycles. The lowest BCUT2D eigenvalue weighted by molar-refractivity contribution is 0.152. The van der Waals surface area contributed by atoms with Gasteiger partial charge in [-0.3, -0.25) is 0 Å². The van der Waals surface area contributed by atoms with Crippen molar-refractivity contribution in [3.05, 3.63) is 11.8 Å². The fourth-order valence-electron chi connectivity index (χ4n) is 2.14. The molecule has 1 fully saturated rings. The van der Waals surface area contributed by atoms with Crippen molar-refractivity contribution in [3.63, 3.8) is 0 Å². The first-order chi connectivity index (χ1) is 8.69. The molecule has 1 saturated heterocycles. The maximum Gasteiger partial charge on any atom is 0.227 e. The standard InChI is InChI=1S/C11H15N5O2/c12-1-7-2-14-11(15-10(7)13)16-3-8(5-17)9(4-16)6-18/h2,8-9,17-18H,3-6H2,(H2,13,14,15)/t8-,9-/m0/s1. The zero-order valence-corrected chi connectivity index (χ0v) is 9.82. The van der Waals surface area contributed by atoms with E-state index in [1.165, 1.54) is 6.20 Å². The topological polar surface area (TPSA) is 119 Å². The number of nitrogen functional groups attached to an aromatic ring is 1. The molecule has 0 bridgehead atoms. The Morgan fingerprint density at radius 3 is 2.44 bits per heavy atom. The molecular weight excluding hydrogens is 234 g/mol. The molecule has 0 radical (unpaired) electrons. The monoisotopic (exact) mass is 249 g/mol. The van der Waals surface area contributed by atoms with Crippen LogP contribution in [0.4, 0.5) is 11.8 Å². The summed E-state index contributed by atoms with van der Waals surface area (Å²) in [5.41, 5.74) is 5.88. The van der Waals surface area contributed by atoms with E-state index in [0.29, 0.717) is 19.0 Å². The number of nitriles is 1.